The highest BCUT2D eigenvalue weighted by Gasteiger charge is 2.12. The molecule has 0 spiro atoms. The molecule has 2 aromatic carbocycles. The molecular weight excluding hydrogens is 268 g/mol. The Labute approximate surface area is 121 Å². The SMILES string of the molecule is CNc1cc(O)c(Oc2cnc3ccccc3c2)c(O)c1. The molecule has 0 fully saturated rings. The predicted molar refractivity (Wildman–Crippen MR) is 81.1 cm³/mol. The van der Waals surface area contributed by atoms with E-state index in [0.717, 1.165) is 10.9 Å². The van der Waals surface area contributed by atoms with Crippen molar-refractivity contribution in [2.24, 2.45) is 0 Å². The van der Waals surface area contributed by atoms with Crippen molar-refractivity contribution < 1.29 is 14.9 Å². The number of pyridine rings is 1. The maximum absolute atomic E-state index is 9.93. The number of aromatic hydroxyl groups is 2. The van der Waals surface area contributed by atoms with Crippen molar-refractivity contribution in [3.05, 3.63) is 48.7 Å². The number of aromatic nitrogens is 1. The van der Waals surface area contributed by atoms with Crippen LogP contribution < -0.4 is 10.1 Å². The zero-order valence-corrected chi connectivity index (χ0v) is 11.4. The fourth-order valence-corrected chi connectivity index (χ4v) is 2.07. The minimum atomic E-state index is -0.146. The largest absolute Gasteiger partial charge is 0.504 e. The van der Waals surface area contributed by atoms with Gasteiger partial charge in [-0.3, -0.25) is 4.98 Å². The molecule has 5 heteroatoms. The molecule has 0 bridgehead atoms. The number of phenolic OH excluding ortho intramolecular Hbond substituents is 2. The Bertz CT molecular complexity index is 779. The zero-order valence-electron chi connectivity index (χ0n) is 11.4. The number of nitrogens with zero attached hydrogens (tertiary/aromatic N) is 1. The molecule has 0 aliphatic carbocycles. The van der Waals surface area contributed by atoms with E-state index in [1.165, 1.54) is 12.1 Å². The van der Waals surface area contributed by atoms with E-state index in [9.17, 15) is 10.2 Å². The average molecular weight is 282 g/mol. The van der Waals surface area contributed by atoms with E-state index in [1.54, 1.807) is 19.3 Å². The van der Waals surface area contributed by atoms with Crippen LogP contribution in [0.25, 0.3) is 10.9 Å². The molecule has 0 aliphatic heterocycles. The van der Waals surface area contributed by atoms with Gasteiger partial charge in [-0.15, -0.1) is 0 Å². The van der Waals surface area contributed by atoms with E-state index in [0.29, 0.717) is 11.4 Å². The van der Waals surface area contributed by atoms with Gasteiger partial charge in [0.2, 0.25) is 5.75 Å². The van der Waals surface area contributed by atoms with Gasteiger partial charge in [0.05, 0.1) is 11.7 Å². The molecule has 3 rings (SSSR count). The van der Waals surface area contributed by atoms with E-state index in [4.69, 9.17) is 4.74 Å². The van der Waals surface area contributed by atoms with Crippen molar-refractivity contribution in [1.29, 1.82) is 0 Å². The normalized spacial score (nSPS) is 10.5. The molecule has 0 saturated carbocycles. The van der Waals surface area contributed by atoms with Crippen molar-refractivity contribution in [3.63, 3.8) is 0 Å². The number of nitrogens with one attached hydrogen (secondary N) is 1. The Hall–Kier alpha value is -2.95. The van der Waals surface area contributed by atoms with Gasteiger partial charge in [-0.1, -0.05) is 18.2 Å². The van der Waals surface area contributed by atoms with Crippen LogP contribution in [0, 0.1) is 0 Å². The summed E-state index contributed by atoms with van der Waals surface area (Å²) >= 11 is 0. The van der Waals surface area contributed by atoms with E-state index in [2.05, 4.69) is 10.3 Å². The number of para-hydroxylation sites is 1. The zero-order chi connectivity index (χ0) is 14.8. The van der Waals surface area contributed by atoms with Crippen molar-refractivity contribution in [1.82, 2.24) is 4.98 Å². The number of rotatable bonds is 3. The van der Waals surface area contributed by atoms with Crippen molar-refractivity contribution in [3.8, 4) is 23.0 Å². The first-order valence-electron chi connectivity index (χ1n) is 6.44. The predicted octanol–water partition coefficient (Wildman–Crippen LogP) is 3.48. The number of fused-ring (bicyclic) bond motifs is 1. The first-order chi connectivity index (χ1) is 10.2. The van der Waals surface area contributed by atoms with Crippen LogP contribution in [0.1, 0.15) is 0 Å². The van der Waals surface area contributed by atoms with Gasteiger partial charge in [0.25, 0.3) is 0 Å². The third kappa shape index (κ3) is 2.53. The van der Waals surface area contributed by atoms with Gasteiger partial charge >= 0.3 is 0 Å². The molecule has 0 amide bonds. The summed E-state index contributed by atoms with van der Waals surface area (Å²) in [7, 11) is 1.70. The van der Waals surface area contributed by atoms with Gasteiger partial charge in [-0.2, -0.15) is 0 Å². The molecule has 0 unspecified atom stereocenters. The third-order valence-electron chi connectivity index (χ3n) is 3.12. The topological polar surface area (TPSA) is 74.6 Å². The van der Waals surface area contributed by atoms with Gasteiger partial charge in [0, 0.05) is 30.3 Å². The van der Waals surface area contributed by atoms with Crippen LogP contribution in [-0.4, -0.2) is 22.2 Å². The van der Waals surface area contributed by atoms with Crippen LogP contribution >= 0.6 is 0 Å². The average Bonchev–Trinajstić information content (AvgIpc) is 2.50. The quantitative estimate of drug-likeness (QED) is 0.685. The summed E-state index contributed by atoms with van der Waals surface area (Å²) in [5, 5.41) is 23.6. The van der Waals surface area contributed by atoms with Crippen molar-refractivity contribution >= 4 is 16.6 Å². The molecule has 5 nitrogen and oxygen atoms in total. The number of anilines is 1. The number of benzene rings is 2. The van der Waals surface area contributed by atoms with Crippen LogP contribution in [0.3, 0.4) is 0 Å². The number of phenols is 2. The molecule has 0 aliphatic rings. The Morgan fingerprint density at radius 2 is 1.76 bits per heavy atom. The minimum absolute atomic E-state index is 0.00563. The molecule has 0 saturated heterocycles. The lowest BCUT2D eigenvalue weighted by Gasteiger charge is -2.11. The van der Waals surface area contributed by atoms with Crippen LogP contribution in [0.2, 0.25) is 0 Å². The second-order valence-corrected chi connectivity index (χ2v) is 4.56. The molecule has 0 radical (unpaired) electrons. The lowest BCUT2D eigenvalue weighted by Crippen LogP contribution is -1.91. The van der Waals surface area contributed by atoms with Crippen molar-refractivity contribution in [2.45, 2.75) is 0 Å². The highest BCUT2D eigenvalue weighted by molar-refractivity contribution is 5.79. The molecule has 106 valence electrons. The molecule has 21 heavy (non-hydrogen) atoms. The van der Waals surface area contributed by atoms with E-state index >= 15 is 0 Å². The van der Waals surface area contributed by atoms with Gasteiger partial charge < -0.3 is 20.3 Å². The fraction of sp³-hybridized carbons (Fsp3) is 0.0625. The molecule has 1 heterocycles. The standard InChI is InChI=1S/C16H14N2O3/c1-17-11-7-14(19)16(15(20)8-11)21-12-6-10-4-2-3-5-13(10)18-9-12/h2-9,17,19-20H,1H3. The highest BCUT2D eigenvalue weighted by Crippen LogP contribution is 2.41. The van der Waals surface area contributed by atoms with Gasteiger partial charge in [-0.25, -0.2) is 0 Å². The monoisotopic (exact) mass is 282 g/mol. The molecular formula is C16H14N2O3. The minimum Gasteiger partial charge on any atom is -0.504 e. The highest BCUT2D eigenvalue weighted by atomic mass is 16.5. The first-order valence-corrected chi connectivity index (χ1v) is 6.44. The summed E-state index contributed by atoms with van der Waals surface area (Å²) in [4.78, 5) is 4.27. The summed E-state index contributed by atoms with van der Waals surface area (Å²) in [5.74, 6) is 0.155. The molecule has 3 N–H and O–H groups in total. The van der Waals surface area contributed by atoms with Crippen LogP contribution in [-0.2, 0) is 0 Å². The lowest BCUT2D eigenvalue weighted by molar-refractivity contribution is 0.376. The Morgan fingerprint density at radius 1 is 1.05 bits per heavy atom. The van der Waals surface area contributed by atoms with Crippen LogP contribution in [0.15, 0.2) is 48.7 Å². The van der Waals surface area contributed by atoms with Crippen LogP contribution in [0.4, 0.5) is 5.69 Å². The maximum Gasteiger partial charge on any atom is 0.210 e. The summed E-state index contributed by atoms with van der Waals surface area (Å²) < 4.78 is 5.56. The summed E-state index contributed by atoms with van der Waals surface area (Å²) in [6.07, 6.45) is 1.55. The number of hydrogen-bond acceptors (Lipinski definition) is 5. The van der Waals surface area contributed by atoms with Crippen molar-refractivity contribution in [2.75, 3.05) is 12.4 Å². The summed E-state index contributed by atoms with van der Waals surface area (Å²) in [6.45, 7) is 0. The molecule has 3 aromatic rings. The van der Waals surface area contributed by atoms with E-state index in [1.807, 2.05) is 24.3 Å². The Balaban J connectivity index is 1.98. The lowest BCUT2D eigenvalue weighted by atomic mass is 10.2. The number of ether oxygens (including phenoxy) is 1. The molecule has 0 atom stereocenters. The molecule has 1 aromatic heterocycles. The summed E-state index contributed by atoms with van der Waals surface area (Å²) in [6, 6.07) is 12.4. The fourth-order valence-electron chi connectivity index (χ4n) is 2.07. The van der Waals surface area contributed by atoms with E-state index in [-0.39, 0.29) is 17.2 Å². The second-order valence-electron chi connectivity index (χ2n) is 4.56. The third-order valence-corrected chi connectivity index (χ3v) is 3.12. The second kappa shape index (κ2) is 5.20. The Kier molecular flexibility index (Phi) is 3.23. The van der Waals surface area contributed by atoms with Crippen LogP contribution in [0.5, 0.6) is 23.0 Å². The van der Waals surface area contributed by atoms with E-state index < -0.39 is 0 Å². The Morgan fingerprint density at radius 3 is 2.48 bits per heavy atom. The first kappa shape index (κ1) is 13.1. The maximum atomic E-state index is 9.93. The number of hydrogen-bond donors (Lipinski definition) is 3. The summed E-state index contributed by atoms with van der Waals surface area (Å²) in [5.41, 5.74) is 1.44. The van der Waals surface area contributed by atoms with Gasteiger partial charge in [0.15, 0.2) is 11.5 Å². The smallest absolute Gasteiger partial charge is 0.210 e. The van der Waals surface area contributed by atoms with Gasteiger partial charge in [0.1, 0.15) is 5.75 Å². The van der Waals surface area contributed by atoms with Gasteiger partial charge in [-0.05, 0) is 12.1 Å².